The van der Waals surface area contributed by atoms with Crippen LogP contribution in [0.25, 0.3) is 11.8 Å². The number of hydrogen-bond acceptors (Lipinski definition) is 8. The monoisotopic (exact) mass is 459 g/mol. The fourth-order valence-electron chi connectivity index (χ4n) is 3.50. The molecule has 1 saturated heterocycles. The highest BCUT2D eigenvalue weighted by Crippen LogP contribution is 2.36. The maximum atomic E-state index is 12.8. The lowest BCUT2D eigenvalue weighted by molar-refractivity contribution is -0.384. The molecule has 11 heteroatoms. The molecule has 1 aliphatic heterocycles. The number of aromatic nitrogens is 1. The van der Waals surface area contributed by atoms with Gasteiger partial charge in [-0.25, -0.2) is 4.79 Å². The van der Waals surface area contributed by atoms with Crippen LogP contribution in [0.5, 0.6) is 5.75 Å². The number of carbonyl (C=O) groups excluding carboxylic acids is 3. The van der Waals surface area contributed by atoms with E-state index in [4.69, 9.17) is 4.74 Å². The van der Waals surface area contributed by atoms with Crippen LogP contribution in [0.4, 0.5) is 10.5 Å². The van der Waals surface area contributed by atoms with Crippen LogP contribution < -0.4 is 4.74 Å². The first-order valence-corrected chi connectivity index (χ1v) is 10.3. The Hall–Kier alpha value is -3.60. The van der Waals surface area contributed by atoms with Gasteiger partial charge in [0.25, 0.3) is 16.8 Å². The number of nitro benzene ring substituents is 1. The van der Waals surface area contributed by atoms with Crippen molar-refractivity contribution in [3.63, 3.8) is 0 Å². The normalized spacial score (nSPS) is 15.9. The molecule has 0 radical (unpaired) electrons. The second kappa shape index (κ2) is 8.87. The van der Waals surface area contributed by atoms with E-state index in [0.29, 0.717) is 17.0 Å². The smallest absolute Gasteiger partial charge is 0.328 e. The zero-order valence-electron chi connectivity index (χ0n) is 18.1. The lowest BCUT2D eigenvalue weighted by Crippen LogP contribution is -2.42. The highest BCUT2D eigenvalue weighted by Gasteiger charge is 2.41. The van der Waals surface area contributed by atoms with Crippen LogP contribution in [0.1, 0.15) is 23.9 Å². The predicted octanol–water partition coefficient (Wildman–Crippen LogP) is 3.61. The van der Waals surface area contributed by atoms with Crippen molar-refractivity contribution in [1.29, 1.82) is 0 Å². The van der Waals surface area contributed by atoms with Gasteiger partial charge in [-0.05, 0) is 56.3 Å². The minimum Gasteiger partial charge on any atom is -0.494 e. The molecule has 1 atom stereocenters. The maximum absolute atomic E-state index is 12.8. The molecule has 3 rings (SSSR count). The SMILES string of the molecule is COC(=O)C(C)N1C(=O)S/C(=C\c2cc(C)n(-c3ccc([N+](=O)[O-])cc3OC)c2C)C1=O. The highest BCUT2D eigenvalue weighted by molar-refractivity contribution is 8.18. The topological polar surface area (TPSA) is 121 Å². The van der Waals surface area contributed by atoms with E-state index in [1.54, 1.807) is 12.1 Å². The van der Waals surface area contributed by atoms with E-state index in [2.05, 4.69) is 4.74 Å². The number of rotatable bonds is 6. The van der Waals surface area contributed by atoms with E-state index in [-0.39, 0.29) is 10.6 Å². The number of nitro groups is 1. The average molecular weight is 459 g/mol. The molecule has 2 aromatic rings. The van der Waals surface area contributed by atoms with Crippen LogP contribution in [-0.4, -0.2) is 51.8 Å². The summed E-state index contributed by atoms with van der Waals surface area (Å²) in [6, 6.07) is 5.11. The fraction of sp³-hybridized carbons (Fsp3) is 0.286. The number of benzene rings is 1. The van der Waals surface area contributed by atoms with Crippen LogP contribution in [0, 0.1) is 24.0 Å². The summed E-state index contributed by atoms with van der Waals surface area (Å²) in [4.78, 5) is 48.5. The molecule has 1 unspecified atom stereocenters. The summed E-state index contributed by atoms with van der Waals surface area (Å²) >= 11 is 0.747. The molecule has 0 spiro atoms. The van der Waals surface area contributed by atoms with Gasteiger partial charge in [0.2, 0.25) is 0 Å². The average Bonchev–Trinajstić information content (AvgIpc) is 3.20. The number of amides is 2. The number of nitrogens with zero attached hydrogens (tertiary/aromatic N) is 3. The fourth-order valence-corrected chi connectivity index (χ4v) is 4.40. The number of non-ortho nitro benzene ring substituents is 1. The molecular weight excluding hydrogens is 438 g/mol. The number of ether oxygens (including phenoxy) is 2. The first-order chi connectivity index (χ1) is 15.1. The third-order valence-electron chi connectivity index (χ3n) is 5.13. The molecule has 1 aromatic heterocycles. The zero-order valence-corrected chi connectivity index (χ0v) is 18.9. The summed E-state index contributed by atoms with van der Waals surface area (Å²) in [7, 11) is 2.62. The Labute approximate surface area is 187 Å². The summed E-state index contributed by atoms with van der Waals surface area (Å²) in [5.74, 6) is -0.938. The third-order valence-corrected chi connectivity index (χ3v) is 6.01. The van der Waals surface area contributed by atoms with Crippen molar-refractivity contribution in [2.45, 2.75) is 26.8 Å². The molecule has 32 heavy (non-hydrogen) atoms. The van der Waals surface area contributed by atoms with Gasteiger partial charge >= 0.3 is 5.97 Å². The molecule has 2 heterocycles. The number of thioether (sulfide) groups is 1. The molecule has 1 fully saturated rings. The lowest BCUT2D eigenvalue weighted by atomic mass is 10.2. The van der Waals surface area contributed by atoms with Crippen molar-refractivity contribution < 1.29 is 28.8 Å². The van der Waals surface area contributed by atoms with Gasteiger partial charge in [0.05, 0.1) is 35.8 Å². The van der Waals surface area contributed by atoms with Gasteiger partial charge in [-0.15, -0.1) is 0 Å². The van der Waals surface area contributed by atoms with E-state index in [1.165, 1.54) is 33.3 Å². The van der Waals surface area contributed by atoms with Crippen molar-refractivity contribution in [1.82, 2.24) is 9.47 Å². The third kappa shape index (κ3) is 3.98. The van der Waals surface area contributed by atoms with E-state index in [0.717, 1.165) is 28.0 Å². The van der Waals surface area contributed by atoms with Gasteiger partial charge in [-0.3, -0.25) is 24.6 Å². The Kier molecular flexibility index (Phi) is 6.40. The predicted molar refractivity (Wildman–Crippen MR) is 118 cm³/mol. The maximum Gasteiger partial charge on any atom is 0.328 e. The molecule has 1 aliphatic rings. The van der Waals surface area contributed by atoms with E-state index >= 15 is 0 Å². The van der Waals surface area contributed by atoms with Gasteiger partial charge < -0.3 is 14.0 Å². The Balaban J connectivity index is 2.01. The number of aryl methyl sites for hydroxylation is 1. The quantitative estimate of drug-likeness (QED) is 0.278. The number of imide groups is 1. The van der Waals surface area contributed by atoms with Crippen LogP contribution >= 0.6 is 11.8 Å². The second-order valence-electron chi connectivity index (χ2n) is 7.03. The number of hydrogen-bond donors (Lipinski definition) is 0. The molecule has 2 amide bonds. The minimum absolute atomic E-state index is 0.0957. The number of methoxy groups -OCH3 is 2. The Morgan fingerprint density at radius 1 is 1.22 bits per heavy atom. The summed E-state index contributed by atoms with van der Waals surface area (Å²) in [6.45, 7) is 5.09. The van der Waals surface area contributed by atoms with Crippen LogP contribution in [-0.2, 0) is 14.3 Å². The molecule has 0 aliphatic carbocycles. The summed E-state index contributed by atoms with van der Waals surface area (Å²) < 4.78 is 11.8. The van der Waals surface area contributed by atoms with Gasteiger partial charge in [-0.1, -0.05) is 0 Å². The van der Waals surface area contributed by atoms with Crippen LogP contribution in [0.2, 0.25) is 0 Å². The molecule has 1 aromatic carbocycles. The van der Waals surface area contributed by atoms with Crippen molar-refractivity contribution in [3.05, 3.63) is 56.2 Å². The van der Waals surface area contributed by atoms with Crippen molar-refractivity contribution in [3.8, 4) is 11.4 Å². The second-order valence-corrected chi connectivity index (χ2v) is 8.02. The van der Waals surface area contributed by atoms with Gasteiger partial charge in [0.1, 0.15) is 11.8 Å². The molecular formula is C21H21N3O7S. The Bertz CT molecular complexity index is 1170. The molecule has 0 saturated carbocycles. The lowest BCUT2D eigenvalue weighted by Gasteiger charge is -2.18. The summed E-state index contributed by atoms with van der Waals surface area (Å²) in [6.07, 6.45) is 1.59. The van der Waals surface area contributed by atoms with Gasteiger partial charge in [0.15, 0.2) is 0 Å². The van der Waals surface area contributed by atoms with Crippen molar-refractivity contribution >= 4 is 40.6 Å². The van der Waals surface area contributed by atoms with E-state index < -0.39 is 28.1 Å². The number of esters is 1. The summed E-state index contributed by atoms with van der Waals surface area (Å²) in [5, 5.41) is 10.5. The van der Waals surface area contributed by atoms with Gasteiger partial charge in [0, 0.05) is 17.5 Å². The van der Waals surface area contributed by atoms with E-state index in [9.17, 15) is 24.5 Å². The molecule has 0 bridgehead atoms. The van der Waals surface area contributed by atoms with Crippen molar-refractivity contribution in [2.75, 3.05) is 14.2 Å². The van der Waals surface area contributed by atoms with E-state index in [1.807, 2.05) is 24.5 Å². The Morgan fingerprint density at radius 2 is 1.91 bits per heavy atom. The standard InChI is InChI=1S/C21H21N3O7S/c1-11-8-14(9-18-19(25)23(21(27)32-18)13(3)20(26)31-5)12(2)22(11)16-7-6-15(24(28)29)10-17(16)30-4/h6-10,13H,1-5H3/b18-9-. The summed E-state index contributed by atoms with van der Waals surface area (Å²) in [5.41, 5.74) is 2.71. The molecule has 10 nitrogen and oxygen atoms in total. The first-order valence-electron chi connectivity index (χ1n) is 9.47. The van der Waals surface area contributed by atoms with Crippen molar-refractivity contribution in [2.24, 2.45) is 0 Å². The molecule has 168 valence electrons. The van der Waals surface area contributed by atoms with Gasteiger partial charge in [-0.2, -0.15) is 0 Å². The first kappa shape index (κ1) is 23.1. The number of carbonyl (C=O) groups is 3. The largest absolute Gasteiger partial charge is 0.494 e. The zero-order chi connectivity index (χ0) is 23.7. The molecule has 0 N–H and O–H groups in total. The Morgan fingerprint density at radius 3 is 2.50 bits per heavy atom. The highest BCUT2D eigenvalue weighted by atomic mass is 32.2. The minimum atomic E-state index is -1.03. The van der Waals surface area contributed by atoms with Crippen LogP contribution in [0.15, 0.2) is 29.2 Å². The van der Waals surface area contributed by atoms with Crippen LogP contribution in [0.3, 0.4) is 0 Å².